The molecular formula is C16H19NO3. The Morgan fingerprint density at radius 3 is 2.85 bits per heavy atom. The van der Waals surface area contributed by atoms with Crippen molar-refractivity contribution in [2.24, 2.45) is 16.7 Å². The van der Waals surface area contributed by atoms with Crippen LogP contribution in [0.5, 0.6) is 0 Å². The Morgan fingerprint density at radius 2 is 2.05 bits per heavy atom. The first kappa shape index (κ1) is 12.2. The molecule has 2 aliphatic carbocycles. The molecule has 0 N–H and O–H groups in total. The van der Waals surface area contributed by atoms with Gasteiger partial charge in [0.15, 0.2) is 0 Å². The van der Waals surface area contributed by atoms with E-state index in [0.29, 0.717) is 19.1 Å². The highest BCUT2D eigenvalue weighted by atomic mass is 16.6. The smallest absolute Gasteiger partial charge is 0.410 e. The third kappa shape index (κ3) is 1.23. The molecule has 0 aromatic heterocycles. The van der Waals surface area contributed by atoms with E-state index in [9.17, 15) is 4.79 Å². The van der Waals surface area contributed by atoms with Crippen molar-refractivity contribution >= 4 is 6.09 Å². The second-order valence-electron chi connectivity index (χ2n) is 6.08. The number of fused-ring (bicyclic) bond motifs is 1. The van der Waals surface area contributed by atoms with Gasteiger partial charge in [-0.3, -0.25) is 0 Å². The molecule has 4 atom stereocenters. The Kier molecular flexibility index (Phi) is 2.43. The van der Waals surface area contributed by atoms with Crippen LogP contribution >= 0.6 is 0 Å². The zero-order valence-electron chi connectivity index (χ0n) is 11.6. The minimum atomic E-state index is -0.204. The maximum Gasteiger partial charge on any atom is 0.410 e. The zero-order valence-corrected chi connectivity index (χ0v) is 11.6. The van der Waals surface area contributed by atoms with Gasteiger partial charge in [0.25, 0.3) is 0 Å². The number of allylic oxidation sites excluding steroid dienone is 2. The van der Waals surface area contributed by atoms with Crippen molar-refractivity contribution < 1.29 is 14.3 Å². The third-order valence-electron chi connectivity index (χ3n) is 5.39. The van der Waals surface area contributed by atoms with E-state index in [1.807, 2.05) is 11.8 Å². The van der Waals surface area contributed by atoms with E-state index in [2.05, 4.69) is 36.5 Å². The molecule has 2 unspecified atom stereocenters. The number of nitrogens with zero attached hydrogens (tertiary/aromatic N) is 1. The topological polar surface area (TPSA) is 38.8 Å². The van der Waals surface area contributed by atoms with Crippen LogP contribution in [0.1, 0.15) is 6.92 Å². The SMILES string of the molecule is CCOC(=O)N1CC2C=C[C@@H]1[C@@]13C=CC=CC21COC3. The number of piperidine rings is 1. The zero-order chi connectivity index (χ0) is 13.8. The largest absolute Gasteiger partial charge is 0.450 e. The quantitative estimate of drug-likeness (QED) is 0.687. The molecule has 20 heavy (non-hydrogen) atoms. The number of amides is 1. The number of rotatable bonds is 1. The van der Waals surface area contributed by atoms with E-state index in [1.54, 1.807) is 0 Å². The lowest BCUT2D eigenvalue weighted by atomic mass is 9.49. The van der Waals surface area contributed by atoms with Gasteiger partial charge in [-0.05, 0) is 6.92 Å². The van der Waals surface area contributed by atoms with E-state index in [4.69, 9.17) is 9.47 Å². The molecule has 1 amide bonds. The van der Waals surface area contributed by atoms with Crippen LogP contribution in [0.3, 0.4) is 0 Å². The highest BCUT2D eigenvalue weighted by Crippen LogP contribution is 2.62. The highest BCUT2D eigenvalue weighted by Gasteiger charge is 2.67. The van der Waals surface area contributed by atoms with Crippen molar-refractivity contribution in [2.45, 2.75) is 13.0 Å². The summed E-state index contributed by atoms with van der Waals surface area (Å²) >= 11 is 0. The first-order valence-corrected chi connectivity index (χ1v) is 7.30. The molecule has 5 rings (SSSR count). The molecular weight excluding hydrogens is 254 g/mol. The lowest BCUT2D eigenvalue weighted by molar-refractivity contribution is -0.0305. The van der Waals surface area contributed by atoms with Gasteiger partial charge in [0.05, 0.1) is 25.9 Å². The van der Waals surface area contributed by atoms with Crippen LogP contribution in [0.15, 0.2) is 36.5 Å². The standard InChI is InChI=1S/C16H19NO3/c1-2-20-14(18)17-9-12-5-6-13(17)16-8-4-3-7-15(12,16)10-19-11-16/h3-8,12-13H,2,9-11H2,1H3/t12?,13-,15?,16+/m1/s1. The molecule has 0 aromatic rings. The molecule has 4 heteroatoms. The van der Waals surface area contributed by atoms with Gasteiger partial charge in [-0.2, -0.15) is 0 Å². The van der Waals surface area contributed by atoms with Crippen LogP contribution in [-0.2, 0) is 9.47 Å². The van der Waals surface area contributed by atoms with E-state index in [-0.39, 0.29) is 23.0 Å². The summed E-state index contributed by atoms with van der Waals surface area (Å²) < 4.78 is 11.1. The highest BCUT2D eigenvalue weighted by molar-refractivity contribution is 5.70. The van der Waals surface area contributed by atoms with Crippen molar-refractivity contribution in [3.05, 3.63) is 36.5 Å². The van der Waals surface area contributed by atoms with E-state index in [1.165, 1.54) is 0 Å². The van der Waals surface area contributed by atoms with Gasteiger partial charge in [0, 0.05) is 23.3 Å². The van der Waals surface area contributed by atoms with Crippen LogP contribution in [0.25, 0.3) is 0 Å². The lowest BCUT2D eigenvalue weighted by Crippen LogP contribution is -2.67. The monoisotopic (exact) mass is 273 g/mol. The predicted molar refractivity (Wildman–Crippen MR) is 74.1 cm³/mol. The summed E-state index contributed by atoms with van der Waals surface area (Å²) in [6.07, 6.45) is 13.0. The first-order chi connectivity index (χ1) is 9.73. The average Bonchev–Trinajstić information content (AvgIpc) is 2.90. The maximum atomic E-state index is 12.2. The summed E-state index contributed by atoms with van der Waals surface area (Å²) in [4.78, 5) is 14.1. The Labute approximate surface area is 118 Å². The van der Waals surface area contributed by atoms with Crippen molar-refractivity contribution in [2.75, 3.05) is 26.4 Å². The molecule has 5 aliphatic rings. The number of hydrogen-bond acceptors (Lipinski definition) is 3. The van der Waals surface area contributed by atoms with Crippen molar-refractivity contribution in [1.29, 1.82) is 0 Å². The lowest BCUT2D eigenvalue weighted by Gasteiger charge is -2.60. The summed E-state index contributed by atoms with van der Waals surface area (Å²) in [5, 5.41) is 0. The maximum absolute atomic E-state index is 12.2. The minimum absolute atomic E-state index is 0.0180. The minimum Gasteiger partial charge on any atom is -0.450 e. The van der Waals surface area contributed by atoms with Crippen LogP contribution in [0, 0.1) is 16.7 Å². The van der Waals surface area contributed by atoms with Crippen LogP contribution < -0.4 is 0 Å². The molecule has 3 aliphatic heterocycles. The molecule has 0 radical (unpaired) electrons. The van der Waals surface area contributed by atoms with Crippen molar-refractivity contribution in [1.82, 2.24) is 4.90 Å². The van der Waals surface area contributed by atoms with E-state index >= 15 is 0 Å². The second kappa shape index (κ2) is 3.98. The number of carbonyl (C=O) groups excluding carboxylic acids is 1. The summed E-state index contributed by atoms with van der Waals surface area (Å²) in [6, 6.07) is 0.0373. The molecule has 0 spiro atoms. The molecule has 2 saturated heterocycles. The molecule has 3 heterocycles. The first-order valence-electron chi connectivity index (χ1n) is 7.30. The van der Waals surface area contributed by atoms with Gasteiger partial charge in [0.2, 0.25) is 0 Å². The Morgan fingerprint density at radius 1 is 1.30 bits per heavy atom. The van der Waals surface area contributed by atoms with Crippen LogP contribution in [-0.4, -0.2) is 43.4 Å². The molecule has 2 fully saturated rings. The fraction of sp³-hybridized carbons (Fsp3) is 0.562. The molecule has 0 saturated carbocycles. The molecule has 4 nitrogen and oxygen atoms in total. The Balaban J connectivity index is 1.79. The summed E-state index contributed by atoms with van der Waals surface area (Å²) in [5.41, 5.74) is -0.101. The van der Waals surface area contributed by atoms with E-state index < -0.39 is 0 Å². The second-order valence-corrected chi connectivity index (χ2v) is 6.08. The Hall–Kier alpha value is -1.55. The average molecular weight is 273 g/mol. The Bertz CT molecular complexity index is 538. The number of carbonyl (C=O) groups is 1. The predicted octanol–water partition coefficient (Wildman–Crippen LogP) is 2.14. The summed E-state index contributed by atoms with van der Waals surface area (Å²) in [6.45, 7) is 4.41. The van der Waals surface area contributed by atoms with Gasteiger partial charge in [-0.15, -0.1) is 0 Å². The van der Waals surface area contributed by atoms with Gasteiger partial charge < -0.3 is 14.4 Å². The van der Waals surface area contributed by atoms with Crippen LogP contribution in [0.2, 0.25) is 0 Å². The summed E-state index contributed by atoms with van der Waals surface area (Å²) in [7, 11) is 0. The van der Waals surface area contributed by atoms with Gasteiger partial charge in [-0.1, -0.05) is 36.5 Å². The third-order valence-corrected chi connectivity index (χ3v) is 5.39. The number of ether oxygens (including phenoxy) is 2. The van der Waals surface area contributed by atoms with Gasteiger partial charge in [-0.25, -0.2) is 4.79 Å². The fourth-order valence-electron chi connectivity index (χ4n) is 4.46. The van der Waals surface area contributed by atoms with Gasteiger partial charge >= 0.3 is 6.09 Å². The molecule has 106 valence electrons. The van der Waals surface area contributed by atoms with Crippen molar-refractivity contribution in [3.8, 4) is 0 Å². The number of hydrogen-bond donors (Lipinski definition) is 0. The van der Waals surface area contributed by atoms with Crippen LogP contribution in [0.4, 0.5) is 4.79 Å². The normalized spacial score (nSPS) is 43.5. The van der Waals surface area contributed by atoms with Gasteiger partial charge in [0.1, 0.15) is 0 Å². The van der Waals surface area contributed by atoms with Crippen molar-refractivity contribution in [3.63, 3.8) is 0 Å². The summed E-state index contributed by atoms with van der Waals surface area (Å²) in [5.74, 6) is 0.306. The molecule has 0 aromatic carbocycles. The van der Waals surface area contributed by atoms with E-state index in [0.717, 1.165) is 13.2 Å². The molecule has 2 bridgehead atoms. The fourth-order valence-corrected chi connectivity index (χ4v) is 4.46.